The van der Waals surface area contributed by atoms with Gasteiger partial charge in [-0.15, -0.1) is 0 Å². The number of nitrogens with two attached hydrogens (primary N) is 1. The molecule has 33 heavy (non-hydrogen) atoms. The van der Waals surface area contributed by atoms with Gasteiger partial charge in [0.2, 0.25) is 9.84 Å². The smallest absolute Gasteiger partial charge is 0.323 e. The minimum atomic E-state index is -3.65. The van der Waals surface area contributed by atoms with E-state index in [0.717, 1.165) is 11.1 Å². The summed E-state index contributed by atoms with van der Waals surface area (Å²) in [6.07, 6.45) is 0.598. The zero-order chi connectivity index (χ0) is 23.6. The highest BCUT2D eigenvalue weighted by Crippen LogP contribution is 2.33. The summed E-state index contributed by atoms with van der Waals surface area (Å²) in [5.41, 5.74) is 9.14. The van der Waals surface area contributed by atoms with Gasteiger partial charge >= 0.3 is 6.03 Å². The molecule has 3 aromatic rings. The number of rotatable bonds is 4. The Kier molecular flexibility index (Phi) is 6.18. The predicted octanol–water partition coefficient (Wildman–Crippen LogP) is 3.68. The van der Waals surface area contributed by atoms with Crippen molar-refractivity contribution in [2.24, 2.45) is 5.73 Å². The molecule has 0 fully saturated rings. The Balaban J connectivity index is 1.60. The van der Waals surface area contributed by atoms with E-state index in [1.54, 1.807) is 66.5 Å². The van der Waals surface area contributed by atoms with Crippen LogP contribution in [0.3, 0.4) is 0 Å². The van der Waals surface area contributed by atoms with Crippen LogP contribution in [-0.4, -0.2) is 32.6 Å². The molecule has 0 radical (unpaired) electrons. The molecule has 1 aliphatic rings. The lowest BCUT2D eigenvalue weighted by atomic mass is 10.00. The number of hydrogen-bond acceptors (Lipinski definition) is 5. The molecule has 1 heterocycles. The fraction of sp³-hybridized carbons (Fsp3) is 0.200. The summed E-state index contributed by atoms with van der Waals surface area (Å²) < 4.78 is 26.0. The molecular weight excluding hydrogens is 436 g/mol. The van der Waals surface area contributed by atoms with E-state index in [1.165, 1.54) is 11.0 Å². The van der Waals surface area contributed by atoms with Crippen LogP contribution in [0, 0.1) is 11.3 Å². The normalized spacial score (nSPS) is 15.4. The van der Waals surface area contributed by atoms with Gasteiger partial charge in [0.05, 0.1) is 33.3 Å². The van der Waals surface area contributed by atoms with Crippen LogP contribution >= 0.6 is 0 Å². The first-order chi connectivity index (χ1) is 15.8. The summed E-state index contributed by atoms with van der Waals surface area (Å²) in [6.45, 7) is 0.351. The number of fused-ring (bicyclic) bond motifs is 1. The molecule has 4 rings (SSSR count). The van der Waals surface area contributed by atoms with Gasteiger partial charge < -0.3 is 10.6 Å². The number of benzene rings is 3. The Morgan fingerprint density at radius 3 is 2.45 bits per heavy atom. The third-order valence-corrected chi connectivity index (χ3v) is 7.52. The average Bonchev–Trinajstić information content (AvgIpc) is 2.84. The molecular formula is C25H24N4O3S. The molecule has 2 amide bonds. The number of aryl methyl sites for hydroxylation is 1. The molecule has 1 aliphatic heterocycles. The summed E-state index contributed by atoms with van der Waals surface area (Å²) in [5, 5.41) is 8.95. The molecule has 8 heteroatoms. The zero-order valence-corrected chi connectivity index (χ0v) is 19.0. The van der Waals surface area contributed by atoms with Gasteiger partial charge in [-0.05, 0) is 66.4 Å². The van der Waals surface area contributed by atoms with Crippen LogP contribution in [0.2, 0.25) is 0 Å². The third kappa shape index (κ3) is 4.46. The van der Waals surface area contributed by atoms with Crippen molar-refractivity contribution in [2.75, 3.05) is 11.9 Å². The van der Waals surface area contributed by atoms with Gasteiger partial charge in [-0.3, -0.25) is 4.90 Å². The van der Waals surface area contributed by atoms with Gasteiger partial charge in [-0.25, -0.2) is 13.2 Å². The summed E-state index contributed by atoms with van der Waals surface area (Å²) in [5.74, 6) is 0. The topological polar surface area (TPSA) is 107 Å². The highest BCUT2D eigenvalue weighted by atomic mass is 32.2. The van der Waals surface area contributed by atoms with Crippen molar-refractivity contribution in [2.45, 2.75) is 35.3 Å². The number of hydrogen-bond donors (Lipinski definition) is 1. The largest absolute Gasteiger partial charge is 0.325 e. The van der Waals surface area contributed by atoms with Crippen LogP contribution in [0.25, 0.3) is 0 Å². The molecule has 0 saturated carbocycles. The second-order valence-corrected chi connectivity index (χ2v) is 9.98. The summed E-state index contributed by atoms with van der Waals surface area (Å²) in [4.78, 5) is 16.8. The first kappa shape index (κ1) is 22.5. The van der Waals surface area contributed by atoms with Gasteiger partial charge in [0.15, 0.2) is 0 Å². The molecule has 0 aromatic heterocycles. The molecule has 0 saturated heterocycles. The van der Waals surface area contributed by atoms with Crippen molar-refractivity contribution in [3.05, 3.63) is 89.5 Å². The first-order valence-electron chi connectivity index (χ1n) is 10.5. The van der Waals surface area contributed by atoms with Gasteiger partial charge in [0, 0.05) is 13.6 Å². The number of urea groups is 1. The van der Waals surface area contributed by atoms with E-state index in [0.29, 0.717) is 30.6 Å². The van der Waals surface area contributed by atoms with E-state index in [2.05, 4.69) is 6.07 Å². The summed E-state index contributed by atoms with van der Waals surface area (Å²) in [6, 6.07) is 22.0. The van der Waals surface area contributed by atoms with Gasteiger partial charge in [-0.2, -0.15) is 5.26 Å². The van der Waals surface area contributed by atoms with Crippen molar-refractivity contribution in [3.63, 3.8) is 0 Å². The predicted molar refractivity (Wildman–Crippen MR) is 125 cm³/mol. The Morgan fingerprint density at radius 2 is 1.79 bits per heavy atom. The summed E-state index contributed by atoms with van der Waals surface area (Å²) >= 11 is 0. The highest BCUT2D eigenvalue weighted by Gasteiger charge is 2.32. The number of nitrogens with zero attached hydrogens (tertiary/aromatic N) is 3. The zero-order valence-electron chi connectivity index (χ0n) is 18.2. The quantitative estimate of drug-likeness (QED) is 0.639. The molecule has 1 unspecified atom stereocenters. The number of carbonyl (C=O) groups excluding carboxylic acids is 1. The fourth-order valence-corrected chi connectivity index (χ4v) is 5.30. The lowest BCUT2D eigenvalue weighted by Crippen LogP contribution is -2.53. The van der Waals surface area contributed by atoms with Gasteiger partial charge in [0.1, 0.15) is 0 Å². The van der Waals surface area contributed by atoms with Crippen LogP contribution in [0.5, 0.6) is 0 Å². The second kappa shape index (κ2) is 9.06. The molecule has 3 aromatic carbocycles. The maximum absolute atomic E-state index is 13.3. The Morgan fingerprint density at radius 1 is 1.09 bits per heavy atom. The molecule has 2 N–H and O–H groups in total. The molecule has 168 valence electrons. The molecule has 7 nitrogen and oxygen atoms in total. The monoisotopic (exact) mass is 460 g/mol. The van der Waals surface area contributed by atoms with E-state index >= 15 is 0 Å². The Hall–Kier alpha value is -3.67. The van der Waals surface area contributed by atoms with E-state index in [9.17, 15) is 13.2 Å². The van der Waals surface area contributed by atoms with E-state index in [1.807, 2.05) is 12.1 Å². The number of nitriles is 1. The van der Waals surface area contributed by atoms with Crippen LogP contribution in [-0.2, 0) is 22.8 Å². The fourth-order valence-electron chi connectivity index (χ4n) is 3.97. The third-order valence-electron chi connectivity index (χ3n) is 5.75. The van der Waals surface area contributed by atoms with E-state index < -0.39 is 16.0 Å². The molecule has 0 aliphatic carbocycles. The first-order valence-corrected chi connectivity index (χ1v) is 12.0. The lowest BCUT2D eigenvalue weighted by Gasteiger charge is -2.37. The lowest BCUT2D eigenvalue weighted by molar-refractivity contribution is 0.210. The molecule has 0 spiro atoms. The standard InChI is InChI=1S/C25H24N4O3S/c1-28(17-19-9-7-18(16-26)8-10-19)25(30)29-23-13-12-22(15-20(23)11-14-24(29)27)33(31,32)21-5-3-2-4-6-21/h2-10,12-13,15,24H,11,14,17,27H2,1H3. The van der Waals surface area contributed by atoms with Gasteiger partial charge in [-0.1, -0.05) is 30.3 Å². The minimum Gasteiger partial charge on any atom is -0.323 e. The number of sulfone groups is 1. The highest BCUT2D eigenvalue weighted by molar-refractivity contribution is 7.91. The van der Waals surface area contributed by atoms with Crippen LogP contribution in [0.1, 0.15) is 23.1 Å². The van der Waals surface area contributed by atoms with E-state index in [-0.39, 0.29) is 15.8 Å². The van der Waals surface area contributed by atoms with Gasteiger partial charge in [0.25, 0.3) is 0 Å². The van der Waals surface area contributed by atoms with Crippen molar-refractivity contribution in [3.8, 4) is 6.07 Å². The maximum Gasteiger partial charge on any atom is 0.325 e. The Labute approximate surface area is 193 Å². The van der Waals surface area contributed by atoms with Crippen molar-refractivity contribution < 1.29 is 13.2 Å². The van der Waals surface area contributed by atoms with Crippen LogP contribution in [0.4, 0.5) is 10.5 Å². The van der Waals surface area contributed by atoms with Crippen molar-refractivity contribution in [1.82, 2.24) is 4.90 Å². The summed E-state index contributed by atoms with van der Waals surface area (Å²) in [7, 11) is -1.96. The minimum absolute atomic E-state index is 0.196. The number of carbonyl (C=O) groups is 1. The molecule has 0 bridgehead atoms. The van der Waals surface area contributed by atoms with E-state index in [4.69, 9.17) is 11.0 Å². The van der Waals surface area contributed by atoms with Crippen LogP contribution < -0.4 is 10.6 Å². The Bertz CT molecular complexity index is 1320. The van der Waals surface area contributed by atoms with Crippen molar-refractivity contribution >= 4 is 21.6 Å². The number of amides is 2. The SMILES string of the molecule is CN(Cc1ccc(C#N)cc1)C(=O)N1c2ccc(S(=O)(=O)c3ccccc3)cc2CCC1N. The van der Waals surface area contributed by atoms with Crippen LogP contribution in [0.15, 0.2) is 82.6 Å². The van der Waals surface area contributed by atoms with Crippen molar-refractivity contribution in [1.29, 1.82) is 5.26 Å². The second-order valence-electron chi connectivity index (χ2n) is 8.03. The number of anilines is 1. The molecule has 1 atom stereocenters. The average molecular weight is 461 g/mol. The maximum atomic E-state index is 13.3.